The van der Waals surface area contributed by atoms with E-state index in [9.17, 15) is 9.59 Å². The Balaban J connectivity index is 4.29. The summed E-state index contributed by atoms with van der Waals surface area (Å²) in [6, 6.07) is -0.319. The number of hydrogen-bond donors (Lipinski definition) is 2. The zero-order valence-electron chi connectivity index (χ0n) is 10.9. The van der Waals surface area contributed by atoms with Crippen LogP contribution in [-0.2, 0) is 4.79 Å². The van der Waals surface area contributed by atoms with Crippen molar-refractivity contribution in [3.63, 3.8) is 0 Å². The first-order valence-electron chi connectivity index (χ1n) is 5.55. The summed E-state index contributed by atoms with van der Waals surface area (Å²) in [4.78, 5) is 23.9. The number of aliphatic carboxylic acids is 1. The zero-order valence-corrected chi connectivity index (χ0v) is 11.8. The fourth-order valence-corrected chi connectivity index (χ4v) is 1.69. The first-order valence-corrected chi connectivity index (χ1v) is 6.94. The molecule has 0 saturated carbocycles. The predicted octanol–water partition coefficient (Wildman–Crippen LogP) is 1.63. The first-order chi connectivity index (χ1) is 7.79. The molecule has 0 fully saturated rings. The highest BCUT2D eigenvalue weighted by molar-refractivity contribution is 7.98. The monoisotopic (exact) mass is 262 g/mol. The Kier molecular flexibility index (Phi) is 7.03. The number of rotatable bonds is 6. The van der Waals surface area contributed by atoms with Gasteiger partial charge in [-0.05, 0) is 39.2 Å². The molecule has 0 radical (unpaired) electrons. The van der Waals surface area contributed by atoms with Gasteiger partial charge >= 0.3 is 12.0 Å². The summed E-state index contributed by atoms with van der Waals surface area (Å²) in [5.41, 5.74) is -0.498. The molecule has 2 N–H and O–H groups in total. The van der Waals surface area contributed by atoms with Gasteiger partial charge in [0, 0.05) is 12.1 Å². The highest BCUT2D eigenvalue weighted by Gasteiger charge is 2.27. The van der Waals surface area contributed by atoms with Crippen LogP contribution in [0.4, 0.5) is 4.79 Å². The lowest BCUT2D eigenvalue weighted by atomic mass is 10.1. The summed E-state index contributed by atoms with van der Waals surface area (Å²) >= 11 is 1.72. The number of carbonyl (C=O) groups excluding carboxylic acids is 1. The molecule has 0 saturated heterocycles. The first kappa shape index (κ1) is 16.1. The van der Waals surface area contributed by atoms with Crippen LogP contribution in [0.1, 0.15) is 27.2 Å². The second kappa shape index (κ2) is 7.42. The van der Waals surface area contributed by atoms with E-state index in [1.165, 1.54) is 4.90 Å². The van der Waals surface area contributed by atoms with E-state index in [0.717, 1.165) is 12.2 Å². The van der Waals surface area contributed by atoms with Gasteiger partial charge in [0.1, 0.15) is 6.54 Å². The molecule has 5 nitrogen and oxygen atoms in total. The van der Waals surface area contributed by atoms with Gasteiger partial charge in [-0.3, -0.25) is 4.79 Å². The number of carbonyl (C=O) groups is 2. The van der Waals surface area contributed by atoms with Gasteiger partial charge in [-0.25, -0.2) is 4.79 Å². The molecular weight excluding hydrogens is 240 g/mol. The van der Waals surface area contributed by atoms with Crippen molar-refractivity contribution in [3.05, 3.63) is 0 Å². The van der Waals surface area contributed by atoms with Gasteiger partial charge in [0.2, 0.25) is 0 Å². The molecule has 100 valence electrons. The Morgan fingerprint density at radius 1 is 1.35 bits per heavy atom. The van der Waals surface area contributed by atoms with Crippen molar-refractivity contribution in [2.24, 2.45) is 0 Å². The van der Waals surface area contributed by atoms with Crippen LogP contribution in [0.5, 0.6) is 0 Å². The molecule has 0 aliphatic rings. The van der Waals surface area contributed by atoms with E-state index in [-0.39, 0.29) is 12.6 Å². The normalized spacial score (nSPS) is 11.1. The molecule has 0 aliphatic carbocycles. The molecule has 0 unspecified atom stereocenters. The van der Waals surface area contributed by atoms with Crippen molar-refractivity contribution in [3.8, 4) is 0 Å². The maximum absolute atomic E-state index is 11.8. The van der Waals surface area contributed by atoms with Gasteiger partial charge in [-0.2, -0.15) is 11.8 Å². The highest BCUT2D eigenvalue weighted by atomic mass is 32.2. The Labute approximate surface area is 107 Å². The molecule has 6 heteroatoms. The van der Waals surface area contributed by atoms with Gasteiger partial charge in [-0.1, -0.05) is 0 Å². The van der Waals surface area contributed by atoms with E-state index in [1.54, 1.807) is 11.8 Å². The second-order valence-electron chi connectivity index (χ2n) is 4.73. The minimum atomic E-state index is -1.00. The molecule has 0 bridgehead atoms. The number of urea groups is 1. The maximum atomic E-state index is 11.8. The molecule has 0 atom stereocenters. The van der Waals surface area contributed by atoms with E-state index < -0.39 is 11.5 Å². The van der Waals surface area contributed by atoms with Crippen LogP contribution in [0, 0.1) is 0 Å². The van der Waals surface area contributed by atoms with Crippen molar-refractivity contribution in [2.45, 2.75) is 32.7 Å². The lowest BCUT2D eigenvalue weighted by molar-refractivity contribution is -0.138. The molecule has 0 heterocycles. The van der Waals surface area contributed by atoms with Crippen LogP contribution in [0.25, 0.3) is 0 Å². The summed E-state index contributed by atoms with van der Waals surface area (Å²) < 4.78 is 0. The minimum absolute atomic E-state index is 0.280. The summed E-state index contributed by atoms with van der Waals surface area (Å²) in [5.74, 6) is -0.0199. The molecule has 0 aromatic rings. The molecular formula is C11H22N2O3S. The van der Waals surface area contributed by atoms with Gasteiger partial charge < -0.3 is 15.3 Å². The SMILES string of the molecule is CSCCCNC(=O)N(CC(=O)O)C(C)(C)C. The Morgan fingerprint density at radius 3 is 2.35 bits per heavy atom. The molecule has 0 aromatic heterocycles. The van der Waals surface area contributed by atoms with Gasteiger partial charge in [-0.15, -0.1) is 0 Å². The summed E-state index contributed by atoms with van der Waals surface area (Å²) in [6.45, 7) is 5.75. The van der Waals surface area contributed by atoms with Crippen LogP contribution in [0.2, 0.25) is 0 Å². The third kappa shape index (κ3) is 7.10. The molecule has 0 aliphatic heterocycles. The van der Waals surface area contributed by atoms with E-state index >= 15 is 0 Å². The van der Waals surface area contributed by atoms with Crippen molar-refractivity contribution in [1.29, 1.82) is 0 Å². The molecule has 2 amide bonds. The number of thioether (sulfide) groups is 1. The number of hydrogen-bond acceptors (Lipinski definition) is 3. The van der Waals surface area contributed by atoms with E-state index in [2.05, 4.69) is 5.32 Å². The standard InChI is InChI=1S/C11H22N2O3S/c1-11(2,3)13(8-9(14)15)10(16)12-6-5-7-17-4/h5-8H2,1-4H3,(H,12,16)(H,14,15). The fraction of sp³-hybridized carbons (Fsp3) is 0.818. The largest absolute Gasteiger partial charge is 0.480 e. The summed E-state index contributed by atoms with van der Waals surface area (Å²) in [6.07, 6.45) is 2.89. The number of nitrogens with zero attached hydrogens (tertiary/aromatic N) is 1. The van der Waals surface area contributed by atoms with Crippen molar-refractivity contribution in [1.82, 2.24) is 10.2 Å². The average molecular weight is 262 g/mol. The maximum Gasteiger partial charge on any atom is 0.323 e. The lowest BCUT2D eigenvalue weighted by Crippen LogP contribution is -2.52. The smallest absolute Gasteiger partial charge is 0.323 e. The number of carboxylic acids is 1. The molecule has 17 heavy (non-hydrogen) atoms. The molecule has 0 rings (SSSR count). The Hall–Kier alpha value is -0.910. The van der Waals surface area contributed by atoms with Crippen LogP contribution < -0.4 is 5.32 Å². The third-order valence-corrected chi connectivity index (χ3v) is 2.85. The summed E-state index contributed by atoms with van der Waals surface area (Å²) in [5, 5.41) is 11.5. The minimum Gasteiger partial charge on any atom is -0.480 e. The van der Waals surface area contributed by atoms with Gasteiger partial charge in [0.25, 0.3) is 0 Å². The quantitative estimate of drug-likeness (QED) is 0.714. The van der Waals surface area contributed by atoms with Crippen LogP contribution in [0.15, 0.2) is 0 Å². The third-order valence-electron chi connectivity index (χ3n) is 2.15. The highest BCUT2D eigenvalue weighted by Crippen LogP contribution is 2.12. The van der Waals surface area contributed by atoms with E-state index in [4.69, 9.17) is 5.11 Å². The van der Waals surface area contributed by atoms with E-state index in [1.807, 2.05) is 27.0 Å². The number of amides is 2. The molecule has 0 spiro atoms. The van der Waals surface area contributed by atoms with Gasteiger partial charge in [0.05, 0.1) is 0 Å². The lowest BCUT2D eigenvalue weighted by Gasteiger charge is -2.34. The number of carboxylic acid groups (broad SMARTS) is 1. The van der Waals surface area contributed by atoms with Crippen molar-refractivity contribution in [2.75, 3.05) is 25.1 Å². The number of nitrogens with one attached hydrogen (secondary N) is 1. The fourth-order valence-electron chi connectivity index (χ4n) is 1.26. The van der Waals surface area contributed by atoms with Crippen molar-refractivity contribution >= 4 is 23.8 Å². The van der Waals surface area contributed by atoms with Crippen LogP contribution in [0.3, 0.4) is 0 Å². The van der Waals surface area contributed by atoms with Crippen LogP contribution >= 0.6 is 11.8 Å². The average Bonchev–Trinajstić information content (AvgIpc) is 2.19. The topological polar surface area (TPSA) is 69.6 Å². The Morgan fingerprint density at radius 2 is 1.94 bits per heavy atom. The van der Waals surface area contributed by atoms with E-state index in [0.29, 0.717) is 6.54 Å². The van der Waals surface area contributed by atoms with Crippen LogP contribution in [-0.4, -0.2) is 52.6 Å². The summed E-state index contributed by atoms with van der Waals surface area (Å²) in [7, 11) is 0. The molecule has 0 aromatic carbocycles. The predicted molar refractivity (Wildman–Crippen MR) is 70.5 cm³/mol. The second-order valence-corrected chi connectivity index (χ2v) is 5.71. The Bertz CT molecular complexity index is 264. The zero-order chi connectivity index (χ0) is 13.5. The van der Waals surface area contributed by atoms with Crippen molar-refractivity contribution < 1.29 is 14.7 Å². The van der Waals surface area contributed by atoms with Gasteiger partial charge in [0.15, 0.2) is 0 Å².